The van der Waals surface area contributed by atoms with Crippen molar-refractivity contribution in [1.29, 1.82) is 0 Å². The Balaban J connectivity index is 2.19. The lowest BCUT2D eigenvalue weighted by Gasteiger charge is -2.15. The molecule has 0 spiro atoms. The van der Waals surface area contributed by atoms with Crippen LogP contribution in [0.3, 0.4) is 0 Å². The van der Waals surface area contributed by atoms with Crippen LogP contribution in [0.5, 0.6) is 0 Å². The molecule has 0 bridgehead atoms. The van der Waals surface area contributed by atoms with Crippen LogP contribution in [-0.2, 0) is 4.79 Å². The normalized spacial score (nSPS) is 10.5. The molecule has 0 saturated carbocycles. The van der Waals surface area contributed by atoms with Crippen molar-refractivity contribution in [3.63, 3.8) is 0 Å². The lowest BCUT2D eigenvalue weighted by atomic mass is 10.4. The Morgan fingerprint density at radius 1 is 1.53 bits per heavy atom. The molecule has 0 fully saturated rings. The molecule has 19 heavy (non-hydrogen) atoms. The average molecular weight is 262 g/mol. The van der Waals surface area contributed by atoms with Crippen LogP contribution in [-0.4, -0.2) is 52.4 Å². The van der Waals surface area contributed by atoms with E-state index in [1.54, 1.807) is 25.2 Å². The van der Waals surface area contributed by atoms with Gasteiger partial charge in [0.05, 0.1) is 12.7 Å². The van der Waals surface area contributed by atoms with E-state index >= 15 is 0 Å². The standard InChI is InChI=1S/C12H18N6O/c1-4-17(3)10(19)7-15-11-12-14-5-6-18(12)8-9(13-2)16-11/h5-6,8,13H,4,7H2,1-3H3,(H,15,16). The highest BCUT2D eigenvalue weighted by Crippen LogP contribution is 2.15. The predicted octanol–water partition coefficient (Wildman–Crippen LogP) is 0.661. The molecule has 7 heteroatoms. The van der Waals surface area contributed by atoms with Gasteiger partial charge in [-0.3, -0.25) is 4.79 Å². The van der Waals surface area contributed by atoms with Gasteiger partial charge in [-0.15, -0.1) is 0 Å². The van der Waals surface area contributed by atoms with Crippen LogP contribution in [0.1, 0.15) is 6.92 Å². The number of carbonyl (C=O) groups excluding carboxylic acids is 1. The van der Waals surface area contributed by atoms with Gasteiger partial charge in [-0.05, 0) is 6.92 Å². The van der Waals surface area contributed by atoms with E-state index in [1.165, 1.54) is 0 Å². The number of rotatable bonds is 5. The van der Waals surface area contributed by atoms with E-state index in [2.05, 4.69) is 20.6 Å². The minimum atomic E-state index is 0.0175. The molecule has 2 rings (SSSR count). The Kier molecular flexibility index (Phi) is 3.84. The van der Waals surface area contributed by atoms with Gasteiger partial charge in [0.2, 0.25) is 5.91 Å². The third-order valence-corrected chi connectivity index (χ3v) is 2.94. The second-order valence-electron chi connectivity index (χ2n) is 4.14. The number of carbonyl (C=O) groups is 1. The number of amides is 1. The summed E-state index contributed by atoms with van der Waals surface area (Å²) in [7, 11) is 3.57. The number of nitrogens with zero attached hydrogens (tertiary/aromatic N) is 4. The molecule has 0 aliphatic rings. The van der Waals surface area contributed by atoms with E-state index in [0.717, 1.165) is 0 Å². The first kappa shape index (κ1) is 13.1. The van der Waals surface area contributed by atoms with Crippen LogP contribution >= 0.6 is 0 Å². The molecule has 2 aromatic rings. The number of hydrogen-bond acceptors (Lipinski definition) is 5. The number of nitrogens with one attached hydrogen (secondary N) is 2. The second kappa shape index (κ2) is 5.55. The van der Waals surface area contributed by atoms with Gasteiger partial charge in [0.1, 0.15) is 5.82 Å². The Hall–Kier alpha value is -2.31. The molecule has 7 nitrogen and oxygen atoms in total. The van der Waals surface area contributed by atoms with Crippen LogP contribution in [0.25, 0.3) is 5.65 Å². The summed E-state index contributed by atoms with van der Waals surface area (Å²) in [5, 5.41) is 6.01. The van der Waals surface area contributed by atoms with Crippen LogP contribution < -0.4 is 10.6 Å². The predicted molar refractivity (Wildman–Crippen MR) is 74.3 cm³/mol. The molecule has 0 saturated heterocycles. The van der Waals surface area contributed by atoms with Gasteiger partial charge in [0.15, 0.2) is 11.5 Å². The van der Waals surface area contributed by atoms with E-state index in [4.69, 9.17) is 0 Å². The van der Waals surface area contributed by atoms with Gasteiger partial charge in [-0.25, -0.2) is 9.97 Å². The van der Waals surface area contributed by atoms with Crippen molar-refractivity contribution in [3.05, 3.63) is 18.6 Å². The summed E-state index contributed by atoms with van der Waals surface area (Å²) in [6.07, 6.45) is 5.37. The molecule has 0 radical (unpaired) electrons. The summed E-state index contributed by atoms with van der Waals surface area (Å²) in [4.78, 5) is 22.0. The first-order valence-electron chi connectivity index (χ1n) is 6.15. The van der Waals surface area contributed by atoms with Gasteiger partial charge < -0.3 is 19.9 Å². The molecular weight excluding hydrogens is 244 g/mol. The second-order valence-corrected chi connectivity index (χ2v) is 4.14. The van der Waals surface area contributed by atoms with E-state index < -0.39 is 0 Å². The van der Waals surface area contributed by atoms with Gasteiger partial charge in [-0.1, -0.05) is 0 Å². The lowest BCUT2D eigenvalue weighted by molar-refractivity contribution is -0.127. The van der Waals surface area contributed by atoms with Crippen molar-refractivity contribution < 1.29 is 4.79 Å². The molecule has 0 aliphatic heterocycles. The van der Waals surface area contributed by atoms with Crippen molar-refractivity contribution in [2.45, 2.75) is 6.92 Å². The molecule has 102 valence electrons. The maximum Gasteiger partial charge on any atom is 0.241 e. The monoisotopic (exact) mass is 262 g/mol. The summed E-state index contributed by atoms with van der Waals surface area (Å²) in [6.45, 7) is 2.82. The van der Waals surface area contributed by atoms with E-state index in [1.807, 2.05) is 23.7 Å². The van der Waals surface area contributed by atoms with Crippen LogP contribution in [0.15, 0.2) is 18.6 Å². The van der Waals surface area contributed by atoms with Crippen molar-refractivity contribution >= 4 is 23.2 Å². The van der Waals surface area contributed by atoms with Crippen molar-refractivity contribution in [1.82, 2.24) is 19.3 Å². The first-order chi connectivity index (χ1) is 9.15. The van der Waals surface area contributed by atoms with Crippen molar-refractivity contribution in [2.24, 2.45) is 0 Å². The fraction of sp³-hybridized carbons (Fsp3) is 0.417. The molecule has 2 aromatic heterocycles. The summed E-state index contributed by atoms with van der Waals surface area (Å²) in [5.74, 6) is 1.32. The number of hydrogen-bond donors (Lipinski definition) is 2. The molecule has 2 N–H and O–H groups in total. The third-order valence-electron chi connectivity index (χ3n) is 2.94. The highest BCUT2D eigenvalue weighted by Gasteiger charge is 2.10. The first-order valence-corrected chi connectivity index (χ1v) is 6.15. The number of aromatic nitrogens is 3. The van der Waals surface area contributed by atoms with Crippen molar-refractivity contribution in [2.75, 3.05) is 37.8 Å². The Labute approximate surface area is 111 Å². The van der Waals surface area contributed by atoms with Crippen molar-refractivity contribution in [3.8, 4) is 0 Å². The highest BCUT2D eigenvalue weighted by molar-refractivity contribution is 5.81. The number of anilines is 2. The zero-order valence-electron chi connectivity index (χ0n) is 11.3. The molecular formula is C12H18N6O. The molecule has 2 heterocycles. The Morgan fingerprint density at radius 2 is 2.32 bits per heavy atom. The van der Waals surface area contributed by atoms with Gasteiger partial charge >= 0.3 is 0 Å². The fourth-order valence-electron chi connectivity index (χ4n) is 1.64. The Morgan fingerprint density at radius 3 is 3.00 bits per heavy atom. The summed E-state index contributed by atoms with van der Waals surface area (Å²) < 4.78 is 1.86. The number of likely N-dealkylation sites (N-methyl/N-ethyl adjacent to an activating group) is 1. The van der Waals surface area contributed by atoms with Gasteiger partial charge in [-0.2, -0.15) is 0 Å². The number of fused-ring (bicyclic) bond motifs is 1. The SMILES string of the molecule is CCN(C)C(=O)CNc1nc(NC)cn2ccnc12. The average Bonchev–Trinajstić information content (AvgIpc) is 2.91. The molecule has 0 atom stereocenters. The minimum absolute atomic E-state index is 0.0175. The van der Waals surface area contributed by atoms with Crippen LogP contribution in [0.2, 0.25) is 0 Å². The van der Waals surface area contributed by atoms with Crippen LogP contribution in [0.4, 0.5) is 11.6 Å². The Bertz CT molecular complexity index is 579. The summed E-state index contributed by atoms with van der Waals surface area (Å²) in [6, 6.07) is 0. The topological polar surface area (TPSA) is 74.6 Å². The largest absolute Gasteiger partial charge is 0.372 e. The smallest absolute Gasteiger partial charge is 0.241 e. The van der Waals surface area contributed by atoms with E-state index in [9.17, 15) is 4.79 Å². The lowest BCUT2D eigenvalue weighted by Crippen LogP contribution is -2.32. The molecule has 1 amide bonds. The zero-order valence-corrected chi connectivity index (χ0v) is 11.3. The third kappa shape index (κ3) is 2.75. The zero-order chi connectivity index (χ0) is 13.8. The van der Waals surface area contributed by atoms with E-state index in [-0.39, 0.29) is 12.5 Å². The molecule has 0 unspecified atom stereocenters. The fourth-order valence-corrected chi connectivity index (χ4v) is 1.64. The highest BCUT2D eigenvalue weighted by atomic mass is 16.2. The molecule has 0 aliphatic carbocycles. The van der Waals surface area contributed by atoms with E-state index in [0.29, 0.717) is 23.8 Å². The minimum Gasteiger partial charge on any atom is -0.372 e. The van der Waals surface area contributed by atoms with Gasteiger partial charge in [0.25, 0.3) is 0 Å². The quantitative estimate of drug-likeness (QED) is 0.828. The summed E-state index contributed by atoms with van der Waals surface area (Å²) in [5.41, 5.74) is 0.700. The maximum atomic E-state index is 11.8. The van der Waals surface area contributed by atoms with Crippen LogP contribution in [0, 0.1) is 0 Å². The summed E-state index contributed by atoms with van der Waals surface area (Å²) >= 11 is 0. The van der Waals surface area contributed by atoms with Gasteiger partial charge in [0, 0.05) is 33.0 Å². The molecule has 0 aromatic carbocycles. The number of imidazole rings is 1. The maximum absolute atomic E-state index is 11.8.